The molecule has 0 aliphatic carbocycles. The fourth-order valence-corrected chi connectivity index (χ4v) is 3.20. The molecule has 0 radical (unpaired) electrons. The van der Waals surface area contributed by atoms with Crippen LogP contribution in [0.4, 0.5) is 5.69 Å². The number of amides is 1. The van der Waals surface area contributed by atoms with Crippen molar-refractivity contribution in [1.29, 1.82) is 0 Å². The number of rotatable bonds is 4. The number of hydrogen-bond donors (Lipinski definition) is 1. The minimum Gasteiger partial charge on any atom is -0.494 e. The number of nitrogens with one attached hydrogen (secondary N) is 1. The van der Waals surface area contributed by atoms with Crippen LogP contribution in [0.5, 0.6) is 5.75 Å². The Morgan fingerprint density at radius 3 is 2.65 bits per heavy atom. The highest BCUT2D eigenvalue weighted by atomic mass is 32.1. The van der Waals surface area contributed by atoms with E-state index in [9.17, 15) is 9.59 Å². The van der Waals surface area contributed by atoms with Gasteiger partial charge in [-0.25, -0.2) is 0 Å². The van der Waals surface area contributed by atoms with Gasteiger partial charge in [-0.2, -0.15) is 0 Å². The first-order valence-corrected chi connectivity index (χ1v) is 8.04. The minimum absolute atomic E-state index is 0.0185. The molecule has 0 saturated carbocycles. The van der Waals surface area contributed by atoms with E-state index >= 15 is 0 Å². The SMILES string of the molecule is CCOc1ccc(C(=O)Nc2ccc3c(c2)sc(=O)n3C)cc1. The van der Waals surface area contributed by atoms with Gasteiger partial charge in [0.1, 0.15) is 5.75 Å². The van der Waals surface area contributed by atoms with Crippen LogP contribution in [-0.2, 0) is 7.05 Å². The molecule has 0 saturated heterocycles. The Morgan fingerprint density at radius 1 is 1.22 bits per heavy atom. The van der Waals surface area contributed by atoms with Crippen LogP contribution in [0.15, 0.2) is 47.3 Å². The van der Waals surface area contributed by atoms with E-state index in [1.807, 2.05) is 19.1 Å². The average molecular weight is 328 g/mol. The lowest BCUT2D eigenvalue weighted by Gasteiger charge is -2.07. The first-order valence-electron chi connectivity index (χ1n) is 7.22. The van der Waals surface area contributed by atoms with Crippen LogP contribution in [0.3, 0.4) is 0 Å². The van der Waals surface area contributed by atoms with Gasteiger partial charge in [0.05, 0.1) is 16.8 Å². The van der Waals surface area contributed by atoms with Gasteiger partial charge in [-0.15, -0.1) is 0 Å². The van der Waals surface area contributed by atoms with Crippen molar-refractivity contribution in [2.45, 2.75) is 6.92 Å². The van der Waals surface area contributed by atoms with Crippen molar-refractivity contribution in [2.24, 2.45) is 7.05 Å². The van der Waals surface area contributed by atoms with E-state index in [1.54, 1.807) is 41.9 Å². The summed E-state index contributed by atoms with van der Waals surface area (Å²) in [6.45, 7) is 2.50. The van der Waals surface area contributed by atoms with Gasteiger partial charge in [0, 0.05) is 18.3 Å². The number of aromatic nitrogens is 1. The van der Waals surface area contributed by atoms with E-state index in [1.165, 1.54) is 0 Å². The summed E-state index contributed by atoms with van der Waals surface area (Å²) in [5, 5.41) is 2.85. The summed E-state index contributed by atoms with van der Waals surface area (Å²) in [6.07, 6.45) is 0. The average Bonchev–Trinajstić information content (AvgIpc) is 2.82. The van der Waals surface area contributed by atoms with Crippen molar-refractivity contribution in [2.75, 3.05) is 11.9 Å². The molecule has 23 heavy (non-hydrogen) atoms. The maximum atomic E-state index is 12.3. The van der Waals surface area contributed by atoms with Gasteiger partial charge in [0.15, 0.2) is 0 Å². The Bertz CT molecular complexity index is 910. The van der Waals surface area contributed by atoms with Crippen LogP contribution < -0.4 is 14.9 Å². The molecule has 6 heteroatoms. The number of aryl methyl sites for hydroxylation is 1. The smallest absolute Gasteiger partial charge is 0.307 e. The first kappa shape index (κ1) is 15.3. The van der Waals surface area contributed by atoms with Crippen molar-refractivity contribution in [3.05, 3.63) is 57.7 Å². The molecule has 118 valence electrons. The Kier molecular flexibility index (Phi) is 4.16. The van der Waals surface area contributed by atoms with Crippen molar-refractivity contribution >= 4 is 33.1 Å². The van der Waals surface area contributed by atoms with E-state index in [-0.39, 0.29) is 10.8 Å². The summed E-state index contributed by atoms with van der Waals surface area (Å²) in [5.41, 5.74) is 2.08. The third-order valence-electron chi connectivity index (χ3n) is 3.48. The number of benzene rings is 2. The van der Waals surface area contributed by atoms with E-state index in [4.69, 9.17) is 4.74 Å². The lowest BCUT2D eigenvalue weighted by molar-refractivity contribution is 0.102. The normalized spacial score (nSPS) is 10.7. The van der Waals surface area contributed by atoms with Gasteiger partial charge < -0.3 is 14.6 Å². The van der Waals surface area contributed by atoms with Gasteiger partial charge in [0.25, 0.3) is 5.91 Å². The third-order valence-corrected chi connectivity index (χ3v) is 4.47. The Morgan fingerprint density at radius 2 is 1.96 bits per heavy atom. The van der Waals surface area contributed by atoms with Gasteiger partial charge >= 0.3 is 4.87 Å². The molecule has 0 unspecified atom stereocenters. The van der Waals surface area contributed by atoms with Gasteiger partial charge in [-0.05, 0) is 49.4 Å². The highest BCUT2D eigenvalue weighted by Crippen LogP contribution is 2.22. The molecular weight excluding hydrogens is 312 g/mol. The number of hydrogen-bond acceptors (Lipinski definition) is 4. The van der Waals surface area contributed by atoms with Gasteiger partial charge in [0.2, 0.25) is 0 Å². The molecule has 0 atom stereocenters. The number of nitrogens with zero attached hydrogens (tertiary/aromatic N) is 1. The van der Waals surface area contributed by atoms with E-state index in [0.29, 0.717) is 17.9 Å². The zero-order chi connectivity index (χ0) is 16.4. The first-order chi connectivity index (χ1) is 11.1. The highest BCUT2D eigenvalue weighted by molar-refractivity contribution is 7.16. The quantitative estimate of drug-likeness (QED) is 0.800. The second kappa shape index (κ2) is 6.26. The molecule has 0 spiro atoms. The van der Waals surface area contributed by atoms with Crippen LogP contribution in [0.1, 0.15) is 17.3 Å². The molecule has 1 amide bonds. The van der Waals surface area contributed by atoms with E-state index in [0.717, 1.165) is 27.3 Å². The molecule has 3 rings (SSSR count). The molecular formula is C17H16N2O3S. The Balaban J connectivity index is 1.80. The molecule has 3 aromatic rings. The number of thiazole rings is 1. The molecule has 1 aromatic heterocycles. The monoisotopic (exact) mass is 328 g/mol. The summed E-state index contributed by atoms with van der Waals surface area (Å²) >= 11 is 1.16. The summed E-state index contributed by atoms with van der Waals surface area (Å²) in [5.74, 6) is 0.537. The topological polar surface area (TPSA) is 60.3 Å². The standard InChI is InChI=1S/C17H16N2O3S/c1-3-22-13-7-4-11(5-8-13)16(20)18-12-6-9-14-15(10-12)23-17(21)19(14)2/h4-10H,3H2,1-2H3,(H,18,20). The second-order valence-corrected chi connectivity index (χ2v) is 6.01. The highest BCUT2D eigenvalue weighted by Gasteiger charge is 2.09. The summed E-state index contributed by atoms with van der Waals surface area (Å²) < 4.78 is 7.80. The van der Waals surface area contributed by atoms with Crippen LogP contribution >= 0.6 is 11.3 Å². The van der Waals surface area contributed by atoms with Crippen molar-refractivity contribution in [3.8, 4) is 5.75 Å². The lowest BCUT2D eigenvalue weighted by Crippen LogP contribution is -2.11. The fraction of sp³-hybridized carbons (Fsp3) is 0.176. The predicted molar refractivity (Wildman–Crippen MR) is 92.6 cm³/mol. The zero-order valence-electron chi connectivity index (χ0n) is 12.8. The van der Waals surface area contributed by atoms with Gasteiger partial charge in [-0.3, -0.25) is 9.59 Å². The molecule has 5 nitrogen and oxygen atoms in total. The van der Waals surface area contributed by atoms with E-state index in [2.05, 4.69) is 5.32 Å². The maximum Gasteiger partial charge on any atom is 0.307 e. The van der Waals surface area contributed by atoms with Gasteiger partial charge in [-0.1, -0.05) is 11.3 Å². The molecule has 0 aliphatic heterocycles. The lowest BCUT2D eigenvalue weighted by atomic mass is 10.2. The number of carbonyl (C=O) groups is 1. The summed E-state index contributed by atoms with van der Waals surface area (Å²) in [7, 11) is 1.74. The third kappa shape index (κ3) is 3.12. The second-order valence-electron chi connectivity index (χ2n) is 5.02. The van der Waals surface area contributed by atoms with Crippen LogP contribution in [0, 0.1) is 0 Å². The molecule has 1 N–H and O–H groups in total. The van der Waals surface area contributed by atoms with Crippen LogP contribution in [0.25, 0.3) is 10.2 Å². The number of fused-ring (bicyclic) bond motifs is 1. The molecule has 2 aromatic carbocycles. The number of carbonyl (C=O) groups excluding carboxylic acids is 1. The molecule has 0 fully saturated rings. The predicted octanol–water partition coefficient (Wildman–Crippen LogP) is 3.25. The number of anilines is 1. The fourth-order valence-electron chi connectivity index (χ4n) is 2.28. The summed E-state index contributed by atoms with van der Waals surface area (Å²) in [6, 6.07) is 12.4. The Labute approximate surface area is 137 Å². The van der Waals surface area contributed by atoms with Crippen molar-refractivity contribution < 1.29 is 9.53 Å². The molecule has 1 heterocycles. The maximum absolute atomic E-state index is 12.3. The van der Waals surface area contributed by atoms with Crippen molar-refractivity contribution in [1.82, 2.24) is 4.57 Å². The Hall–Kier alpha value is -2.60. The van der Waals surface area contributed by atoms with Crippen molar-refractivity contribution in [3.63, 3.8) is 0 Å². The number of ether oxygens (including phenoxy) is 1. The van der Waals surface area contributed by atoms with Crippen LogP contribution in [0.2, 0.25) is 0 Å². The minimum atomic E-state index is -0.198. The largest absolute Gasteiger partial charge is 0.494 e. The summed E-state index contributed by atoms with van der Waals surface area (Å²) in [4.78, 5) is 23.9. The molecule has 0 aliphatic rings. The molecule has 0 bridgehead atoms. The van der Waals surface area contributed by atoms with Crippen LogP contribution in [-0.4, -0.2) is 17.1 Å². The zero-order valence-corrected chi connectivity index (χ0v) is 13.6. The van der Waals surface area contributed by atoms with E-state index < -0.39 is 0 Å².